The molecule has 3 aromatic rings. The first kappa shape index (κ1) is 35.0. The summed E-state index contributed by atoms with van der Waals surface area (Å²) in [5, 5.41) is 24.5. The van der Waals surface area contributed by atoms with Crippen LogP contribution < -0.4 is 10.6 Å². The van der Waals surface area contributed by atoms with Crippen molar-refractivity contribution in [2.24, 2.45) is 11.3 Å². The molecular formula is C31H32Cl3F2N3O3. The standard InChI is InChI=1S/C16H20ClFN2.C8H6ClNO3.C7H6ClF/c1-16(2,3)7-14-11(8-19)12(9-20-14)10-5-4-6-13(17)15(10)18;9-6-3-5(8(12)13)1-2-7(6)10-4-11;1-5-2-3-6(8)4-7(5)9/h4-6,11-12,14,20H,7,9H2,1-3H3;1-4H,(H,10,11)(H,12,13);2-4H,1H3. The van der Waals surface area contributed by atoms with Gasteiger partial charge in [-0.05, 0) is 66.3 Å². The number of nitrogens with one attached hydrogen (secondary N) is 2. The van der Waals surface area contributed by atoms with Gasteiger partial charge in [0.15, 0.2) is 0 Å². The molecule has 0 radical (unpaired) electrons. The van der Waals surface area contributed by atoms with E-state index < -0.39 is 11.8 Å². The Balaban J connectivity index is 0.000000240. The van der Waals surface area contributed by atoms with Crippen LogP contribution in [0.1, 0.15) is 54.6 Å². The van der Waals surface area contributed by atoms with E-state index in [4.69, 9.17) is 39.9 Å². The Morgan fingerprint density at radius 1 is 1.12 bits per heavy atom. The van der Waals surface area contributed by atoms with Crippen LogP contribution >= 0.6 is 34.8 Å². The molecule has 1 aliphatic rings. The predicted molar refractivity (Wildman–Crippen MR) is 163 cm³/mol. The van der Waals surface area contributed by atoms with Gasteiger partial charge in [0.1, 0.15) is 11.6 Å². The highest BCUT2D eigenvalue weighted by Gasteiger charge is 2.39. The second kappa shape index (κ2) is 15.9. The minimum Gasteiger partial charge on any atom is -0.478 e. The molecule has 4 rings (SSSR count). The number of hydrogen-bond donors (Lipinski definition) is 3. The van der Waals surface area contributed by atoms with Crippen LogP contribution in [0, 0.1) is 41.2 Å². The van der Waals surface area contributed by atoms with E-state index in [0.29, 0.717) is 34.8 Å². The van der Waals surface area contributed by atoms with Gasteiger partial charge in [-0.2, -0.15) is 5.26 Å². The number of aryl methyl sites for hydroxylation is 1. The third-order valence-corrected chi connectivity index (χ3v) is 7.23. The lowest BCUT2D eigenvalue weighted by Gasteiger charge is -2.26. The Hall–Kier alpha value is -3.22. The molecule has 1 amide bonds. The SMILES string of the molecule is CC(C)(C)CC1NCC(c2cccc(Cl)c2F)C1C#N.Cc1ccc(Cl)cc1F.O=CNc1ccc(C(=O)O)cc1Cl. The number of anilines is 1. The van der Waals surface area contributed by atoms with Crippen LogP contribution in [0.2, 0.25) is 15.1 Å². The number of nitrogens with zero attached hydrogens (tertiary/aromatic N) is 1. The van der Waals surface area contributed by atoms with E-state index in [0.717, 1.165) is 6.42 Å². The van der Waals surface area contributed by atoms with Crippen LogP contribution in [0.5, 0.6) is 0 Å². The molecule has 0 saturated carbocycles. The Labute approximate surface area is 259 Å². The highest BCUT2D eigenvalue weighted by Crippen LogP contribution is 2.38. The van der Waals surface area contributed by atoms with Crippen molar-refractivity contribution in [3.63, 3.8) is 0 Å². The fraction of sp³-hybridized carbons (Fsp3) is 0.323. The number of carboxylic acid groups (broad SMARTS) is 1. The van der Waals surface area contributed by atoms with Gasteiger partial charge < -0.3 is 15.7 Å². The van der Waals surface area contributed by atoms with Crippen LogP contribution in [-0.4, -0.2) is 30.1 Å². The molecule has 1 saturated heterocycles. The summed E-state index contributed by atoms with van der Waals surface area (Å²) in [4.78, 5) is 20.5. The van der Waals surface area contributed by atoms with Crippen molar-refractivity contribution in [3.05, 3.63) is 98.0 Å². The second-order valence-electron chi connectivity index (χ2n) is 10.8. The maximum atomic E-state index is 14.2. The minimum absolute atomic E-state index is 0.0847. The van der Waals surface area contributed by atoms with Gasteiger partial charge in [0.25, 0.3) is 0 Å². The molecule has 6 nitrogen and oxygen atoms in total. The summed E-state index contributed by atoms with van der Waals surface area (Å²) >= 11 is 17.0. The molecule has 0 aromatic heterocycles. The molecular weight excluding hydrogens is 607 g/mol. The van der Waals surface area contributed by atoms with Crippen molar-refractivity contribution in [1.29, 1.82) is 5.26 Å². The molecule has 0 spiro atoms. The maximum Gasteiger partial charge on any atom is 0.335 e. The van der Waals surface area contributed by atoms with E-state index in [9.17, 15) is 23.6 Å². The second-order valence-corrected chi connectivity index (χ2v) is 12.1. The lowest BCUT2D eigenvalue weighted by molar-refractivity contribution is -0.105. The topological polar surface area (TPSA) is 102 Å². The largest absolute Gasteiger partial charge is 0.478 e. The number of amides is 1. The number of aromatic carboxylic acids is 1. The number of carbonyl (C=O) groups excluding carboxylic acids is 1. The van der Waals surface area contributed by atoms with E-state index in [1.807, 2.05) is 0 Å². The Kier molecular flexibility index (Phi) is 13.2. The number of hydrogen-bond acceptors (Lipinski definition) is 4. The van der Waals surface area contributed by atoms with Crippen molar-refractivity contribution >= 4 is 52.9 Å². The number of benzene rings is 3. The zero-order valence-electron chi connectivity index (χ0n) is 23.5. The van der Waals surface area contributed by atoms with E-state index in [1.165, 1.54) is 30.3 Å². The van der Waals surface area contributed by atoms with Crippen molar-refractivity contribution in [2.45, 2.75) is 46.1 Å². The number of rotatable bonds is 5. The highest BCUT2D eigenvalue weighted by molar-refractivity contribution is 6.33. The minimum atomic E-state index is -1.06. The predicted octanol–water partition coefficient (Wildman–Crippen LogP) is 8.50. The van der Waals surface area contributed by atoms with Gasteiger partial charge in [-0.3, -0.25) is 4.79 Å². The zero-order valence-corrected chi connectivity index (χ0v) is 25.8. The average Bonchev–Trinajstić information content (AvgIpc) is 3.30. The monoisotopic (exact) mass is 637 g/mol. The first-order valence-electron chi connectivity index (χ1n) is 12.9. The van der Waals surface area contributed by atoms with Crippen molar-refractivity contribution in [2.75, 3.05) is 11.9 Å². The molecule has 42 heavy (non-hydrogen) atoms. The summed E-state index contributed by atoms with van der Waals surface area (Å²) in [7, 11) is 0. The Bertz CT molecular complexity index is 1440. The number of halogens is 5. The van der Waals surface area contributed by atoms with Crippen molar-refractivity contribution in [1.82, 2.24) is 5.32 Å². The van der Waals surface area contributed by atoms with E-state index in [2.05, 4.69) is 37.5 Å². The van der Waals surface area contributed by atoms with E-state index >= 15 is 0 Å². The summed E-state index contributed by atoms with van der Waals surface area (Å²) < 4.78 is 26.7. The molecule has 0 aliphatic carbocycles. The number of carboxylic acids is 1. The smallest absolute Gasteiger partial charge is 0.335 e. The fourth-order valence-electron chi connectivity index (χ4n) is 4.36. The lowest BCUT2D eigenvalue weighted by atomic mass is 9.79. The Morgan fingerprint density at radius 2 is 1.81 bits per heavy atom. The molecule has 1 fully saturated rings. The van der Waals surface area contributed by atoms with Gasteiger partial charge >= 0.3 is 5.97 Å². The van der Waals surface area contributed by atoms with Crippen LogP contribution in [0.25, 0.3) is 0 Å². The lowest BCUT2D eigenvalue weighted by Crippen LogP contribution is -2.31. The van der Waals surface area contributed by atoms with Gasteiger partial charge in [-0.15, -0.1) is 0 Å². The molecule has 3 atom stereocenters. The van der Waals surface area contributed by atoms with Crippen molar-refractivity contribution < 1.29 is 23.5 Å². The van der Waals surface area contributed by atoms with Crippen LogP contribution in [0.4, 0.5) is 14.5 Å². The van der Waals surface area contributed by atoms with Gasteiger partial charge in [0.05, 0.1) is 33.3 Å². The third-order valence-electron chi connectivity index (χ3n) is 6.39. The van der Waals surface area contributed by atoms with Gasteiger partial charge in [0, 0.05) is 23.5 Å². The Morgan fingerprint density at radius 3 is 2.33 bits per heavy atom. The van der Waals surface area contributed by atoms with Gasteiger partial charge in [-0.1, -0.05) is 73.8 Å². The molecule has 3 aromatic carbocycles. The van der Waals surface area contributed by atoms with Crippen LogP contribution in [0.15, 0.2) is 54.6 Å². The summed E-state index contributed by atoms with van der Waals surface area (Å²) in [6.45, 7) is 8.77. The number of nitriles is 1. The third kappa shape index (κ3) is 10.2. The average molecular weight is 639 g/mol. The van der Waals surface area contributed by atoms with Gasteiger partial charge in [0.2, 0.25) is 6.41 Å². The molecule has 1 heterocycles. The van der Waals surface area contributed by atoms with Crippen LogP contribution in [0.3, 0.4) is 0 Å². The molecule has 3 unspecified atom stereocenters. The van der Waals surface area contributed by atoms with Crippen LogP contribution in [-0.2, 0) is 4.79 Å². The van der Waals surface area contributed by atoms with E-state index in [1.54, 1.807) is 31.2 Å². The highest BCUT2D eigenvalue weighted by atomic mass is 35.5. The first-order valence-corrected chi connectivity index (χ1v) is 14.0. The fourth-order valence-corrected chi connectivity index (χ4v) is 4.93. The molecule has 11 heteroatoms. The van der Waals surface area contributed by atoms with Crippen molar-refractivity contribution in [3.8, 4) is 6.07 Å². The summed E-state index contributed by atoms with van der Waals surface area (Å²) in [5.74, 6) is -2.05. The summed E-state index contributed by atoms with van der Waals surface area (Å²) in [6, 6.07) is 16.2. The van der Waals surface area contributed by atoms with Gasteiger partial charge in [-0.25, -0.2) is 13.6 Å². The molecule has 1 aliphatic heterocycles. The molecule has 3 N–H and O–H groups in total. The first-order chi connectivity index (χ1) is 19.7. The number of carbonyl (C=O) groups is 2. The quantitative estimate of drug-likeness (QED) is 0.243. The zero-order chi connectivity index (χ0) is 31.6. The normalized spacial score (nSPS) is 17.6. The molecule has 224 valence electrons. The maximum absolute atomic E-state index is 14.2. The molecule has 0 bridgehead atoms. The summed E-state index contributed by atoms with van der Waals surface area (Å²) in [6.07, 6.45) is 1.37. The van der Waals surface area contributed by atoms with E-state index in [-0.39, 0.29) is 44.7 Å². The summed E-state index contributed by atoms with van der Waals surface area (Å²) in [5.41, 5.74) is 1.78.